The highest BCUT2D eigenvalue weighted by molar-refractivity contribution is 5.93. The summed E-state index contributed by atoms with van der Waals surface area (Å²) < 4.78 is 9.62. The molecule has 14 nitrogen and oxygen atoms in total. The van der Waals surface area contributed by atoms with E-state index in [9.17, 15) is 19.2 Å². The van der Waals surface area contributed by atoms with Gasteiger partial charge in [-0.05, 0) is 113 Å². The first kappa shape index (κ1) is 44.9. The number of imidazole rings is 2. The molecule has 65 heavy (non-hydrogen) atoms. The van der Waals surface area contributed by atoms with Crippen LogP contribution in [-0.4, -0.2) is 92.6 Å². The van der Waals surface area contributed by atoms with Crippen molar-refractivity contribution in [2.75, 3.05) is 20.8 Å². The van der Waals surface area contributed by atoms with Gasteiger partial charge in [-0.1, -0.05) is 89.7 Å². The lowest BCUT2D eigenvalue weighted by Crippen LogP contribution is -2.54. The van der Waals surface area contributed by atoms with Crippen molar-refractivity contribution >= 4 is 45.8 Å². The molecule has 2 saturated heterocycles. The van der Waals surface area contributed by atoms with Gasteiger partial charge < -0.3 is 39.9 Å². The van der Waals surface area contributed by atoms with E-state index in [1.54, 1.807) is 0 Å². The number of methoxy groups -OCH3 is 2. The van der Waals surface area contributed by atoms with Gasteiger partial charge in [-0.3, -0.25) is 9.59 Å². The van der Waals surface area contributed by atoms with Crippen LogP contribution in [0.15, 0.2) is 85.1 Å². The highest BCUT2D eigenvalue weighted by Gasteiger charge is 2.51. The zero-order chi connectivity index (χ0) is 44.8. The molecule has 9 rings (SSSR count). The van der Waals surface area contributed by atoms with Crippen molar-refractivity contribution in [1.29, 1.82) is 0 Å². The van der Waals surface area contributed by atoms with Crippen molar-refractivity contribution < 1.29 is 28.7 Å². The molecule has 0 unspecified atom stereocenters. The molecule has 4 N–H and O–H groups in total. The fourth-order valence-electron chi connectivity index (χ4n) is 10.2. The molecule has 2 bridgehead atoms. The van der Waals surface area contributed by atoms with E-state index in [1.165, 1.54) is 14.2 Å². The van der Waals surface area contributed by atoms with Gasteiger partial charge in [0.2, 0.25) is 11.8 Å². The summed E-state index contributed by atoms with van der Waals surface area (Å²) in [7, 11) is 2.61. The highest BCUT2D eigenvalue weighted by Crippen LogP contribution is 2.50. The normalized spacial score (nSPS) is 20.0. The number of fused-ring (bicyclic) bond motifs is 4. The number of benzene rings is 4. The zero-order valence-electron chi connectivity index (χ0n) is 37.2. The summed E-state index contributed by atoms with van der Waals surface area (Å²) in [4.78, 5) is 72.4. The molecule has 4 aromatic carbocycles. The molecule has 2 aliphatic heterocycles. The van der Waals surface area contributed by atoms with Crippen molar-refractivity contribution in [3.8, 4) is 33.5 Å². The molecule has 4 amide bonds. The number of hydrogen-bond donors (Lipinski definition) is 4. The number of nitrogens with one attached hydrogen (secondary N) is 4. The van der Waals surface area contributed by atoms with E-state index in [0.717, 1.165) is 99.1 Å². The van der Waals surface area contributed by atoms with E-state index in [-0.39, 0.29) is 49.2 Å². The summed E-state index contributed by atoms with van der Waals surface area (Å²) in [5.41, 5.74) is 8.00. The molecule has 6 atom stereocenters. The number of carbonyl (C=O) groups is 4. The van der Waals surface area contributed by atoms with Gasteiger partial charge in [0.05, 0.1) is 49.2 Å². The van der Waals surface area contributed by atoms with Gasteiger partial charge in [-0.2, -0.15) is 0 Å². The van der Waals surface area contributed by atoms with Crippen LogP contribution in [0, 0.1) is 17.8 Å². The number of alkyl carbamates (subject to hydrolysis) is 2. The number of rotatable bonds is 11. The average Bonchev–Trinajstić information content (AvgIpc) is 4.17. The number of H-pyrrole nitrogens is 2. The second kappa shape index (κ2) is 18.4. The Morgan fingerprint density at radius 1 is 0.692 bits per heavy atom. The number of hydrogen-bond acceptors (Lipinski definition) is 8. The molecule has 14 heteroatoms. The van der Waals surface area contributed by atoms with Crippen LogP contribution in [0.5, 0.6) is 0 Å². The summed E-state index contributed by atoms with van der Waals surface area (Å²) in [6.07, 6.45) is 5.16. The molecule has 1 saturated carbocycles. The topological polar surface area (TPSA) is 175 Å². The van der Waals surface area contributed by atoms with E-state index in [4.69, 9.17) is 19.4 Å². The first-order chi connectivity index (χ1) is 30.9. The summed E-state index contributed by atoms with van der Waals surface area (Å²) in [6.45, 7) is 8.28. The quantitative estimate of drug-likeness (QED) is 0.0996. The first-order valence-corrected chi connectivity index (χ1v) is 22.4. The van der Waals surface area contributed by atoms with Crippen LogP contribution in [0.3, 0.4) is 0 Å². The molecule has 2 aromatic heterocycles. The molecule has 4 heterocycles. The predicted molar refractivity (Wildman–Crippen MR) is 252 cm³/mol. The summed E-state index contributed by atoms with van der Waals surface area (Å²) >= 11 is 0. The first-order valence-electron chi connectivity index (χ1n) is 22.4. The summed E-state index contributed by atoms with van der Waals surface area (Å²) in [5, 5.41) is 7.74. The van der Waals surface area contributed by atoms with Crippen LogP contribution in [0.1, 0.15) is 91.0 Å². The van der Waals surface area contributed by atoms with Gasteiger partial charge in [0.15, 0.2) is 0 Å². The van der Waals surface area contributed by atoms with Crippen LogP contribution in [-0.2, 0) is 19.1 Å². The minimum atomic E-state index is -0.686. The van der Waals surface area contributed by atoms with Crippen LogP contribution in [0.4, 0.5) is 9.59 Å². The Kier molecular flexibility index (Phi) is 12.7. The van der Waals surface area contributed by atoms with Crippen molar-refractivity contribution in [3.05, 3.63) is 96.7 Å². The Balaban J connectivity index is 0.00000576. The number of ether oxygens (including phenoxy) is 2. The maximum absolute atomic E-state index is 14.1. The SMILES string of the molecule is C.COC(=O)N[C@H](C(=O)N1CCC[C@H]1c1ncc(-c2ccc(-c3ccc4cc(-c5ccc6nc([C@@H]7[C@H]8CC[C@H](C8)N7C(=O)[C@@H](NC(=O)OC)C(C)C)[nH]c6c5)ccc4c3)cc2)[nH]1)C(C)C. The molecular formula is C51H60N8O6. The predicted octanol–water partition coefficient (Wildman–Crippen LogP) is 9.55. The van der Waals surface area contributed by atoms with Gasteiger partial charge in [0.1, 0.15) is 23.7 Å². The lowest BCUT2D eigenvalue weighted by Gasteiger charge is -2.37. The fraction of sp³-hybridized carbons (Fsp3) is 0.412. The van der Waals surface area contributed by atoms with Crippen molar-refractivity contribution in [1.82, 2.24) is 40.4 Å². The van der Waals surface area contributed by atoms with E-state index < -0.39 is 24.3 Å². The van der Waals surface area contributed by atoms with Crippen molar-refractivity contribution in [3.63, 3.8) is 0 Å². The van der Waals surface area contributed by atoms with Crippen LogP contribution >= 0.6 is 0 Å². The third-order valence-electron chi connectivity index (χ3n) is 13.6. The third kappa shape index (κ3) is 8.65. The maximum Gasteiger partial charge on any atom is 0.407 e. The van der Waals surface area contributed by atoms with Gasteiger partial charge in [0.25, 0.3) is 0 Å². The Morgan fingerprint density at radius 3 is 1.92 bits per heavy atom. The highest BCUT2D eigenvalue weighted by atomic mass is 16.5. The lowest BCUT2D eigenvalue weighted by molar-refractivity contribution is -0.139. The Bertz CT molecular complexity index is 2720. The van der Waals surface area contributed by atoms with Gasteiger partial charge in [-0.25, -0.2) is 19.6 Å². The third-order valence-corrected chi connectivity index (χ3v) is 13.6. The average molecular weight is 881 g/mol. The van der Waals surface area contributed by atoms with Gasteiger partial charge >= 0.3 is 12.2 Å². The number of amides is 4. The van der Waals surface area contributed by atoms with Gasteiger partial charge in [-0.15, -0.1) is 0 Å². The second-order valence-electron chi connectivity index (χ2n) is 18.2. The fourth-order valence-corrected chi connectivity index (χ4v) is 10.2. The minimum absolute atomic E-state index is 0. The molecule has 3 fully saturated rings. The molecular weight excluding hydrogens is 821 g/mol. The van der Waals surface area contributed by atoms with E-state index >= 15 is 0 Å². The number of likely N-dealkylation sites (tertiary alicyclic amines) is 2. The molecule has 340 valence electrons. The monoisotopic (exact) mass is 880 g/mol. The molecule has 0 radical (unpaired) electrons. The van der Waals surface area contributed by atoms with Crippen molar-refractivity contribution in [2.45, 2.75) is 97.4 Å². The number of carbonyl (C=O) groups excluding carboxylic acids is 4. The molecule has 1 aliphatic carbocycles. The molecule has 3 aliphatic rings. The molecule has 6 aromatic rings. The summed E-state index contributed by atoms with van der Waals surface area (Å²) in [5.74, 6) is 1.40. The number of aromatic amines is 2. The maximum atomic E-state index is 14.1. The summed E-state index contributed by atoms with van der Waals surface area (Å²) in [6, 6.07) is 26.1. The van der Waals surface area contributed by atoms with E-state index in [2.05, 4.69) is 93.4 Å². The van der Waals surface area contributed by atoms with Crippen molar-refractivity contribution in [2.24, 2.45) is 17.8 Å². The van der Waals surface area contributed by atoms with Crippen LogP contribution < -0.4 is 10.6 Å². The number of nitrogens with zero attached hydrogens (tertiary/aromatic N) is 4. The Labute approximate surface area is 379 Å². The standard InChI is InChI=1S/C50H56N8O6.CH4/c1-27(2)42(55-49(61)63-5)47(59)57-21-7-8-41(57)45-51-26-40(54-45)30-11-9-29(10-12-30)31-13-14-33-23-34(16-15-32(33)22-31)35-18-20-38-39(25-35)53-46(52-38)44-36-17-19-37(24-36)58(44)48(60)43(28(3)4)56-50(62)64-6;/h9-16,18,20,22-23,25-28,36-37,41-44H,7-8,17,19,21,24H2,1-6H3,(H,51,54)(H,52,53)(H,55,61)(H,56,62);1H4/t36-,37+,41-,42-,43-,44-;/m0./s1. The number of piperidine rings is 1. The zero-order valence-corrected chi connectivity index (χ0v) is 37.2. The smallest absolute Gasteiger partial charge is 0.407 e. The number of aromatic nitrogens is 4. The minimum Gasteiger partial charge on any atom is -0.453 e. The Hall–Kier alpha value is -6.70. The molecule has 0 spiro atoms. The second-order valence-corrected chi connectivity index (χ2v) is 18.2. The Morgan fingerprint density at radius 2 is 1.28 bits per heavy atom. The largest absolute Gasteiger partial charge is 0.453 e. The van der Waals surface area contributed by atoms with Crippen LogP contribution in [0.25, 0.3) is 55.3 Å². The van der Waals surface area contributed by atoms with Crippen LogP contribution in [0.2, 0.25) is 0 Å². The van der Waals surface area contributed by atoms with E-state index in [1.807, 2.05) is 49.8 Å². The van der Waals surface area contributed by atoms with Gasteiger partial charge in [0, 0.05) is 12.6 Å². The lowest BCUT2D eigenvalue weighted by atomic mass is 9.95. The van der Waals surface area contributed by atoms with E-state index in [0.29, 0.717) is 12.5 Å².